The molecule has 3 saturated heterocycles. The van der Waals surface area contributed by atoms with Crippen molar-refractivity contribution in [1.29, 1.82) is 0 Å². The van der Waals surface area contributed by atoms with Crippen LogP contribution in [0.25, 0.3) is 0 Å². The number of piperidine rings is 1. The van der Waals surface area contributed by atoms with Gasteiger partial charge in [0.2, 0.25) is 11.8 Å². The molecule has 0 aliphatic carbocycles. The van der Waals surface area contributed by atoms with Crippen molar-refractivity contribution in [3.8, 4) is 5.75 Å². The molecule has 1 aromatic rings. The van der Waals surface area contributed by atoms with Crippen molar-refractivity contribution in [2.24, 2.45) is 5.92 Å². The van der Waals surface area contributed by atoms with Gasteiger partial charge in [-0.25, -0.2) is 0 Å². The van der Waals surface area contributed by atoms with E-state index in [9.17, 15) is 14.4 Å². The number of benzene rings is 1. The van der Waals surface area contributed by atoms with Crippen LogP contribution >= 0.6 is 0 Å². The molecule has 2 bridgehead atoms. The highest BCUT2D eigenvalue weighted by molar-refractivity contribution is 5.95. The van der Waals surface area contributed by atoms with E-state index in [1.807, 2.05) is 0 Å². The van der Waals surface area contributed by atoms with Crippen molar-refractivity contribution >= 4 is 17.7 Å². The van der Waals surface area contributed by atoms with E-state index in [1.54, 1.807) is 55.3 Å². The first kappa shape index (κ1) is 18.2. The summed E-state index contributed by atoms with van der Waals surface area (Å²) >= 11 is 0. The highest BCUT2D eigenvalue weighted by Crippen LogP contribution is 2.30. The number of likely N-dealkylation sites (N-methyl/N-ethyl adjacent to an activating group) is 1. The van der Waals surface area contributed by atoms with Crippen molar-refractivity contribution in [3.05, 3.63) is 29.8 Å². The molecule has 3 aliphatic rings. The van der Waals surface area contributed by atoms with Crippen molar-refractivity contribution in [2.75, 3.05) is 40.8 Å². The molecule has 3 aliphatic heterocycles. The van der Waals surface area contributed by atoms with Crippen LogP contribution in [0, 0.1) is 5.92 Å². The Morgan fingerprint density at radius 2 is 2.00 bits per heavy atom. The molecule has 1 aromatic carbocycles. The predicted molar refractivity (Wildman–Crippen MR) is 95.8 cm³/mol. The summed E-state index contributed by atoms with van der Waals surface area (Å²) in [4.78, 5) is 42.7. The average molecular weight is 359 g/mol. The molecule has 3 fully saturated rings. The SMILES string of the molecule is COc1cccc(C(=O)N2C[C@H]3CC[C@@H](C2)N(CC(=O)N(C)C)C3=O)c1. The van der Waals surface area contributed by atoms with Crippen LogP contribution in [-0.4, -0.2) is 79.3 Å². The molecule has 3 amide bonds. The van der Waals surface area contributed by atoms with E-state index < -0.39 is 0 Å². The van der Waals surface area contributed by atoms with E-state index in [-0.39, 0.29) is 36.2 Å². The molecule has 4 rings (SSSR count). The molecule has 7 nitrogen and oxygen atoms in total. The van der Waals surface area contributed by atoms with Crippen molar-refractivity contribution in [2.45, 2.75) is 18.9 Å². The zero-order chi connectivity index (χ0) is 18.8. The Kier molecular flexibility index (Phi) is 5.15. The van der Waals surface area contributed by atoms with E-state index in [4.69, 9.17) is 4.74 Å². The molecule has 0 unspecified atom stereocenters. The topological polar surface area (TPSA) is 70.2 Å². The summed E-state index contributed by atoms with van der Waals surface area (Å²) in [6, 6.07) is 6.93. The summed E-state index contributed by atoms with van der Waals surface area (Å²) in [5, 5.41) is 0. The predicted octanol–water partition coefficient (Wildman–Crippen LogP) is 0.846. The van der Waals surface area contributed by atoms with Gasteiger partial charge < -0.3 is 19.4 Å². The highest BCUT2D eigenvalue weighted by atomic mass is 16.5. The third-order valence-corrected chi connectivity index (χ3v) is 5.20. The first-order chi connectivity index (χ1) is 12.4. The van der Waals surface area contributed by atoms with Gasteiger partial charge in [0.25, 0.3) is 5.91 Å². The van der Waals surface area contributed by atoms with Crippen molar-refractivity contribution in [3.63, 3.8) is 0 Å². The van der Waals surface area contributed by atoms with Crippen LogP contribution in [0.1, 0.15) is 23.2 Å². The number of nitrogens with zero attached hydrogens (tertiary/aromatic N) is 3. The summed E-state index contributed by atoms with van der Waals surface area (Å²) < 4.78 is 5.20. The van der Waals surface area contributed by atoms with Gasteiger partial charge in [0.15, 0.2) is 0 Å². The molecule has 0 N–H and O–H groups in total. The lowest BCUT2D eigenvalue weighted by Crippen LogP contribution is -2.51. The van der Waals surface area contributed by atoms with E-state index in [2.05, 4.69) is 0 Å². The van der Waals surface area contributed by atoms with Gasteiger partial charge >= 0.3 is 0 Å². The number of hydrogen-bond donors (Lipinski definition) is 0. The first-order valence-electron chi connectivity index (χ1n) is 8.84. The largest absolute Gasteiger partial charge is 0.497 e. The lowest BCUT2D eigenvalue weighted by atomic mass is 9.94. The summed E-state index contributed by atoms with van der Waals surface area (Å²) in [6.07, 6.45) is 1.58. The molecule has 3 heterocycles. The Hall–Kier alpha value is -2.57. The van der Waals surface area contributed by atoms with Gasteiger partial charge in [-0.2, -0.15) is 0 Å². The van der Waals surface area contributed by atoms with E-state index >= 15 is 0 Å². The molecular weight excluding hydrogens is 334 g/mol. The van der Waals surface area contributed by atoms with Gasteiger partial charge in [0.1, 0.15) is 12.3 Å². The van der Waals surface area contributed by atoms with Crippen LogP contribution in [0.3, 0.4) is 0 Å². The molecule has 26 heavy (non-hydrogen) atoms. The van der Waals surface area contributed by atoms with Gasteiger partial charge in [-0.3, -0.25) is 14.4 Å². The van der Waals surface area contributed by atoms with Gasteiger partial charge in [-0.15, -0.1) is 0 Å². The Morgan fingerprint density at radius 3 is 2.69 bits per heavy atom. The van der Waals surface area contributed by atoms with Crippen LogP contribution in [0.2, 0.25) is 0 Å². The Bertz CT molecular complexity index is 718. The number of fused-ring (bicyclic) bond motifs is 4. The lowest BCUT2D eigenvalue weighted by Gasteiger charge is -2.35. The second kappa shape index (κ2) is 7.35. The van der Waals surface area contributed by atoms with Gasteiger partial charge in [-0.05, 0) is 31.0 Å². The average Bonchev–Trinajstić information content (AvgIpc) is 2.93. The Balaban J connectivity index is 1.79. The van der Waals surface area contributed by atoms with Crippen molar-refractivity contribution in [1.82, 2.24) is 14.7 Å². The monoisotopic (exact) mass is 359 g/mol. The van der Waals surface area contributed by atoms with Crippen molar-refractivity contribution < 1.29 is 19.1 Å². The number of hydrogen-bond acceptors (Lipinski definition) is 4. The first-order valence-corrected chi connectivity index (χ1v) is 8.84. The normalized spacial score (nSPS) is 22.2. The maximum Gasteiger partial charge on any atom is 0.254 e. The summed E-state index contributed by atoms with van der Waals surface area (Å²) in [7, 11) is 4.93. The number of methoxy groups -OCH3 is 1. The fourth-order valence-electron chi connectivity index (χ4n) is 3.64. The quantitative estimate of drug-likeness (QED) is 0.799. The molecule has 0 saturated carbocycles. The second-order valence-electron chi connectivity index (χ2n) is 7.12. The minimum atomic E-state index is -0.238. The molecule has 2 atom stereocenters. The van der Waals surface area contributed by atoms with E-state index in [1.165, 1.54) is 4.90 Å². The van der Waals surface area contributed by atoms with Gasteiger partial charge in [0.05, 0.1) is 13.0 Å². The highest BCUT2D eigenvalue weighted by Gasteiger charge is 2.42. The summed E-state index contributed by atoms with van der Waals surface area (Å²) in [5.41, 5.74) is 0.550. The maximum absolute atomic E-state index is 12.9. The zero-order valence-corrected chi connectivity index (χ0v) is 15.5. The fourth-order valence-corrected chi connectivity index (χ4v) is 3.64. The third-order valence-electron chi connectivity index (χ3n) is 5.20. The molecule has 0 spiro atoms. The summed E-state index contributed by atoms with van der Waals surface area (Å²) in [5.74, 6) is 0.171. The van der Waals surface area contributed by atoms with E-state index in [0.29, 0.717) is 24.4 Å². The second-order valence-corrected chi connectivity index (χ2v) is 7.12. The van der Waals surface area contributed by atoms with Crippen LogP contribution in [0.4, 0.5) is 0 Å². The fraction of sp³-hybridized carbons (Fsp3) is 0.526. The number of rotatable bonds is 4. The van der Waals surface area contributed by atoms with Crippen LogP contribution in [0.5, 0.6) is 5.75 Å². The molecule has 0 radical (unpaired) electrons. The zero-order valence-electron chi connectivity index (χ0n) is 15.5. The standard InChI is InChI=1S/C19H25N3O4/c1-20(2)17(23)12-22-15-8-7-14(19(22)25)10-21(11-15)18(24)13-5-4-6-16(9-13)26-3/h4-6,9,14-15H,7-8,10-12H2,1-3H3/t14-,15+/m1/s1. The van der Waals surface area contributed by atoms with Crippen LogP contribution in [0.15, 0.2) is 24.3 Å². The van der Waals surface area contributed by atoms with Crippen LogP contribution < -0.4 is 4.74 Å². The summed E-state index contributed by atoms with van der Waals surface area (Å²) in [6.45, 7) is 0.936. The minimum Gasteiger partial charge on any atom is -0.497 e. The Labute approximate surface area is 153 Å². The molecule has 0 aromatic heterocycles. The van der Waals surface area contributed by atoms with Gasteiger partial charge in [-0.1, -0.05) is 6.07 Å². The molecule has 140 valence electrons. The maximum atomic E-state index is 12.9. The number of ether oxygens (including phenoxy) is 1. The Morgan fingerprint density at radius 1 is 1.23 bits per heavy atom. The van der Waals surface area contributed by atoms with E-state index in [0.717, 1.165) is 12.8 Å². The number of carbonyl (C=O) groups is 3. The third kappa shape index (κ3) is 3.52. The van der Waals surface area contributed by atoms with Gasteiger partial charge in [0, 0.05) is 38.8 Å². The minimum absolute atomic E-state index is 0.0163. The number of amides is 3. The lowest BCUT2D eigenvalue weighted by molar-refractivity contribution is -0.145. The molecule has 7 heteroatoms. The van der Waals surface area contributed by atoms with Crippen LogP contribution in [-0.2, 0) is 9.59 Å². The molecular formula is C19H25N3O4. The smallest absolute Gasteiger partial charge is 0.254 e. The number of carbonyl (C=O) groups excluding carboxylic acids is 3.